The Bertz CT molecular complexity index is 1740. The molecule has 0 atom stereocenters. The van der Waals surface area contributed by atoms with Gasteiger partial charge in [0.05, 0.1) is 25.3 Å². The van der Waals surface area contributed by atoms with Crippen molar-refractivity contribution in [3.63, 3.8) is 0 Å². The Morgan fingerprint density at radius 1 is 0.841 bits per heavy atom. The molecule has 0 unspecified atom stereocenters. The Balaban J connectivity index is 1.51. The molecule has 0 bridgehead atoms. The molecule has 4 aromatic rings. The summed E-state index contributed by atoms with van der Waals surface area (Å²) in [5.74, 6) is 0.299. The molecule has 226 valence electrons. The summed E-state index contributed by atoms with van der Waals surface area (Å²) in [7, 11) is 3.07. The lowest BCUT2D eigenvalue weighted by atomic mass is 9.85. The minimum Gasteiger partial charge on any atom is -0.496 e. The van der Waals surface area contributed by atoms with Crippen molar-refractivity contribution in [1.29, 1.82) is 0 Å². The monoisotopic (exact) mass is 609 g/mol. The van der Waals surface area contributed by atoms with Crippen molar-refractivity contribution in [1.82, 2.24) is 0 Å². The molecule has 0 spiro atoms. The largest absolute Gasteiger partial charge is 0.496 e. The fourth-order valence-corrected chi connectivity index (χ4v) is 5.89. The third kappa shape index (κ3) is 6.45. The molecule has 0 aliphatic carbocycles. The lowest BCUT2D eigenvalue weighted by Crippen LogP contribution is -2.32. The van der Waals surface area contributed by atoms with Gasteiger partial charge < -0.3 is 24.3 Å². The Kier molecular flexibility index (Phi) is 9.01. The molecule has 5 rings (SSSR count). The molecule has 0 fully saturated rings. The minimum absolute atomic E-state index is 0.0442. The number of para-hydroxylation sites is 1. The summed E-state index contributed by atoms with van der Waals surface area (Å²) in [6.45, 7) is 6.33. The molecular weight excluding hydrogens is 574 g/mol. The van der Waals surface area contributed by atoms with E-state index in [1.807, 2.05) is 36.6 Å². The van der Waals surface area contributed by atoms with Gasteiger partial charge in [-0.15, -0.1) is 11.8 Å². The van der Waals surface area contributed by atoms with E-state index in [1.165, 1.54) is 7.11 Å². The average molecular weight is 610 g/mol. The highest BCUT2D eigenvalue weighted by Crippen LogP contribution is 2.43. The number of carbonyl (C=O) groups excluding carboxylic acids is 2. The molecule has 8 heteroatoms. The van der Waals surface area contributed by atoms with E-state index in [9.17, 15) is 9.59 Å². The third-order valence-corrected chi connectivity index (χ3v) is 8.16. The number of allylic oxidation sites excluding steroid dienone is 1. The molecule has 1 aliphatic rings. The van der Waals surface area contributed by atoms with Crippen LogP contribution in [0.4, 0.5) is 5.69 Å². The summed E-state index contributed by atoms with van der Waals surface area (Å²) in [5.41, 5.74) is 6.00. The average Bonchev–Trinajstić information content (AvgIpc) is 3.02. The van der Waals surface area contributed by atoms with Gasteiger partial charge >= 0.3 is 11.9 Å². The Morgan fingerprint density at radius 3 is 2.25 bits per heavy atom. The number of fused-ring (bicyclic) bond motifs is 1. The SMILES string of the molecule is COc1ccccc1C(=O)Oc1ccc(-c2ccc3c(c2COC(=O)c2ccc(SC)cc2)C(C)=CC(C)(C)N3)c(OC)c1. The number of esters is 2. The van der Waals surface area contributed by atoms with Crippen molar-refractivity contribution < 1.29 is 28.5 Å². The van der Waals surface area contributed by atoms with Crippen LogP contribution < -0.4 is 19.5 Å². The Labute approximate surface area is 262 Å². The van der Waals surface area contributed by atoms with Crippen LogP contribution >= 0.6 is 11.8 Å². The maximum absolute atomic E-state index is 13.1. The summed E-state index contributed by atoms with van der Waals surface area (Å²) < 4.78 is 22.7. The fraction of sp³-hybridized carbons (Fsp3) is 0.222. The second kappa shape index (κ2) is 12.9. The van der Waals surface area contributed by atoms with Gasteiger partial charge in [0, 0.05) is 33.3 Å². The highest BCUT2D eigenvalue weighted by atomic mass is 32.2. The highest BCUT2D eigenvalue weighted by Gasteiger charge is 2.27. The summed E-state index contributed by atoms with van der Waals surface area (Å²) in [6, 6.07) is 23.5. The Hall–Kier alpha value is -4.69. The van der Waals surface area contributed by atoms with Crippen molar-refractivity contribution in [3.8, 4) is 28.4 Å². The van der Waals surface area contributed by atoms with Crippen LogP contribution in [0.2, 0.25) is 0 Å². The molecule has 0 radical (unpaired) electrons. The number of methoxy groups -OCH3 is 2. The van der Waals surface area contributed by atoms with E-state index in [0.717, 1.165) is 38.4 Å². The van der Waals surface area contributed by atoms with Crippen LogP contribution in [0.25, 0.3) is 16.7 Å². The second-order valence-corrected chi connectivity index (χ2v) is 11.8. The lowest BCUT2D eigenvalue weighted by Gasteiger charge is -2.33. The van der Waals surface area contributed by atoms with Gasteiger partial charge in [-0.25, -0.2) is 9.59 Å². The molecule has 0 amide bonds. The first kappa shape index (κ1) is 30.8. The van der Waals surface area contributed by atoms with E-state index < -0.39 is 11.9 Å². The first-order chi connectivity index (χ1) is 21.1. The molecule has 1 N–H and O–H groups in total. The van der Waals surface area contributed by atoms with E-state index in [0.29, 0.717) is 28.4 Å². The summed E-state index contributed by atoms with van der Waals surface area (Å²) >= 11 is 1.61. The second-order valence-electron chi connectivity index (χ2n) is 10.9. The van der Waals surface area contributed by atoms with Crippen LogP contribution in [-0.2, 0) is 11.3 Å². The summed E-state index contributed by atoms with van der Waals surface area (Å²) in [4.78, 5) is 27.1. The predicted octanol–water partition coefficient (Wildman–Crippen LogP) is 8.28. The number of hydrogen-bond donors (Lipinski definition) is 1. The predicted molar refractivity (Wildman–Crippen MR) is 175 cm³/mol. The van der Waals surface area contributed by atoms with Crippen molar-refractivity contribution in [3.05, 3.63) is 107 Å². The molecule has 44 heavy (non-hydrogen) atoms. The van der Waals surface area contributed by atoms with Gasteiger partial charge in [0.1, 0.15) is 29.4 Å². The van der Waals surface area contributed by atoms with Crippen molar-refractivity contribution >= 4 is 35.0 Å². The van der Waals surface area contributed by atoms with Gasteiger partial charge in [-0.3, -0.25) is 0 Å². The van der Waals surface area contributed by atoms with Crippen molar-refractivity contribution in [2.75, 3.05) is 25.8 Å². The van der Waals surface area contributed by atoms with Gasteiger partial charge in [0.15, 0.2) is 0 Å². The number of ether oxygens (including phenoxy) is 4. The Morgan fingerprint density at radius 2 is 1.55 bits per heavy atom. The number of thioether (sulfide) groups is 1. The van der Waals surface area contributed by atoms with E-state index >= 15 is 0 Å². The van der Waals surface area contributed by atoms with Crippen LogP contribution in [0.15, 0.2) is 89.8 Å². The zero-order valence-corrected chi connectivity index (χ0v) is 26.5. The molecule has 7 nitrogen and oxygen atoms in total. The molecule has 0 saturated heterocycles. The maximum atomic E-state index is 13.1. The number of benzene rings is 4. The smallest absolute Gasteiger partial charge is 0.347 e. The van der Waals surface area contributed by atoms with Crippen molar-refractivity contribution in [2.24, 2.45) is 0 Å². The normalized spacial score (nSPS) is 13.2. The maximum Gasteiger partial charge on any atom is 0.347 e. The number of nitrogens with one attached hydrogen (secondary N) is 1. The zero-order chi connectivity index (χ0) is 31.4. The van der Waals surface area contributed by atoms with Crippen LogP contribution in [0.1, 0.15) is 52.6 Å². The number of carbonyl (C=O) groups is 2. The van der Waals surface area contributed by atoms with Gasteiger partial charge in [-0.05, 0) is 92.8 Å². The van der Waals surface area contributed by atoms with E-state index in [4.69, 9.17) is 18.9 Å². The molecule has 1 aliphatic heterocycles. The van der Waals surface area contributed by atoms with Gasteiger partial charge in [0.2, 0.25) is 0 Å². The van der Waals surface area contributed by atoms with Crippen LogP contribution in [0, 0.1) is 0 Å². The van der Waals surface area contributed by atoms with Crippen molar-refractivity contribution in [2.45, 2.75) is 37.8 Å². The number of anilines is 1. The zero-order valence-electron chi connectivity index (χ0n) is 25.6. The fourth-order valence-electron chi connectivity index (χ4n) is 5.48. The molecule has 0 aromatic heterocycles. The summed E-state index contributed by atoms with van der Waals surface area (Å²) in [5, 5.41) is 3.58. The van der Waals surface area contributed by atoms with E-state index in [-0.39, 0.29) is 12.1 Å². The van der Waals surface area contributed by atoms with Crippen LogP contribution in [0.5, 0.6) is 17.2 Å². The van der Waals surface area contributed by atoms with Gasteiger partial charge in [-0.1, -0.05) is 24.3 Å². The molecule has 1 heterocycles. The van der Waals surface area contributed by atoms with Gasteiger partial charge in [0.25, 0.3) is 0 Å². The van der Waals surface area contributed by atoms with E-state index in [1.54, 1.807) is 67.4 Å². The summed E-state index contributed by atoms with van der Waals surface area (Å²) in [6.07, 6.45) is 4.16. The third-order valence-electron chi connectivity index (χ3n) is 7.42. The lowest BCUT2D eigenvalue weighted by molar-refractivity contribution is 0.0472. The quantitative estimate of drug-likeness (QED) is 0.115. The molecule has 4 aromatic carbocycles. The highest BCUT2D eigenvalue weighted by molar-refractivity contribution is 7.98. The number of hydrogen-bond acceptors (Lipinski definition) is 8. The standard InChI is InChI=1S/C36H35NO6S/c1-22-20-36(2,3)37-30-18-17-26(29(33(22)30)21-42-34(38)23-11-14-25(44-6)15-12-23)27-16-13-24(19-32(27)41-5)43-35(39)28-9-7-8-10-31(28)40-4/h7-20,37H,21H2,1-6H3. The van der Waals surface area contributed by atoms with Crippen LogP contribution in [0.3, 0.4) is 0 Å². The molecular formula is C36H35NO6S. The first-order valence-corrected chi connectivity index (χ1v) is 15.3. The number of rotatable bonds is 9. The molecule has 0 saturated carbocycles. The van der Waals surface area contributed by atoms with E-state index in [2.05, 4.69) is 32.2 Å². The minimum atomic E-state index is -0.543. The first-order valence-electron chi connectivity index (χ1n) is 14.1. The van der Waals surface area contributed by atoms with Crippen LogP contribution in [-0.4, -0.2) is 38.0 Å². The van der Waals surface area contributed by atoms with Gasteiger partial charge in [-0.2, -0.15) is 0 Å². The topological polar surface area (TPSA) is 83.1 Å².